The Morgan fingerprint density at radius 3 is 3.05 bits per heavy atom. The fraction of sp³-hybridized carbons (Fsp3) is 0.0714. The zero-order valence-electron chi connectivity index (χ0n) is 9.92. The van der Waals surface area contributed by atoms with Crippen LogP contribution in [0.5, 0.6) is 0 Å². The van der Waals surface area contributed by atoms with Crippen molar-refractivity contribution >= 4 is 5.65 Å². The number of imidazole rings is 1. The summed E-state index contributed by atoms with van der Waals surface area (Å²) < 4.78 is 14.9. The zero-order chi connectivity index (χ0) is 13.2. The number of rotatable bonds is 2. The molecule has 0 fully saturated rings. The van der Waals surface area contributed by atoms with Crippen molar-refractivity contribution in [1.29, 1.82) is 5.26 Å². The van der Waals surface area contributed by atoms with E-state index in [9.17, 15) is 4.39 Å². The van der Waals surface area contributed by atoms with Crippen molar-refractivity contribution in [1.82, 2.24) is 14.4 Å². The molecule has 1 aromatic carbocycles. The van der Waals surface area contributed by atoms with Crippen LogP contribution in [0.3, 0.4) is 0 Å². The normalized spacial score (nSPS) is 10.5. The van der Waals surface area contributed by atoms with Crippen LogP contribution in [0.25, 0.3) is 5.65 Å². The van der Waals surface area contributed by atoms with E-state index in [-0.39, 0.29) is 5.82 Å². The number of nitrogens with zero attached hydrogens (tertiary/aromatic N) is 4. The highest BCUT2D eigenvalue weighted by atomic mass is 19.1. The third-order valence-corrected chi connectivity index (χ3v) is 2.82. The molecule has 4 nitrogen and oxygen atoms in total. The van der Waals surface area contributed by atoms with E-state index in [0.717, 1.165) is 5.56 Å². The van der Waals surface area contributed by atoms with Crippen LogP contribution in [0.2, 0.25) is 0 Å². The van der Waals surface area contributed by atoms with Crippen LogP contribution >= 0.6 is 0 Å². The number of halogens is 1. The van der Waals surface area contributed by atoms with Gasteiger partial charge < -0.3 is 4.40 Å². The third kappa shape index (κ3) is 2.16. The quantitative estimate of drug-likeness (QED) is 0.703. The Balaban J connectivity index is 2.09. The van der Waals surface area contributed by atoms with E-state index in [4.69, 9.17) is 5.26 Å². The first kappa shape index (κ1) is 11.4. The van der Waals surface area contributed by atoms with Crippen molar-refractivity contribution < 1.29 is 4.39 Å². The van der Waals surface area contributed by atoms with E-state index in [1.165, 1.54) is 12.1 Å². The van der Waals surface area contributed by atoms with E-state index < -0.39 is 0 Å². The maximum atomic E-state index is 13.2. The fourth-order valence-corrected chi connectivity index (χ4v) is 2.01. The highest BCUT2D eigenvalue weighted by Crippen LogP contribution is 2.14. The second-order valence-corrected chi connectivity index (χ2v) is 4.15. The van der Waals surface area contributed by atoms with Crippen LogP contribution in [0.15, 0.2) is 42.9 Å². The molecule has 0 saturated carbocycles. The number of hydrogen-bond acceptors (Lipinski definition) is 3. The molecule has 2 heterocycles. The Morgan fingerprint density at radius 2 is 2.26 bits per heavy atom. The van der Waals surface area contributed by atoms with Crippen LogP contribution in [0.1, 0.15) is 17.0 Å². The van der Waals surface area contributed by atoms with Crippen molar-refractivity contribution in [2.75, 3.05) is 0 Å². The van der Waals surface area contributed by atoms with Crippen LogP contribution in [-0.2, 0) is 6.42 Å². The van der Waals surface area contributed by atoms with Gasteiger partial charge in [0.15, 0.2) is 11.3 Å². The molecule has 0 bridgehead atoms. The highest BCUT2D eigenvalue weighted by molar-refractivity contribution is 5.47. The van der Waals surface area contributed by atoms with Crippen molar-refractivity contribution in [3.05, 3.63) is 65.6 Å². The van der Waals surface area contributed by atoms with Gasteiger partial charge in [0.1, 0.15) is 11.9 Å². The summed E-state index contributed by atoms with van der Waals surface area (Å²) >= 11 is 0. The van der Waals surface area contributed by atoms with Gasteiger partial charge in [-0.15, -0.1) is 0 Å². The second kappa shape index (κ2) is 4.50. The second-order valence-electron chi connectivity index (χ2n) is 4.15. The van der Waals surface area contributed by atoms with E-state index in [1.54, 1.807) is 29.1 Å². The summed E-state index contributed by atoms with van der Waals surface area (Å²) in [6.45, 7) is 0. The standard InChI is InChI=1S/C14H9FN4/c15-11-3-1-2-10(6-11)7-13-14-17-4-5-19(14)9-12(8-16)18-13/h1-6,9H,7H2. The summed E-state index contributed by atoms with van der Waals surface area (Å²) in [6.07, 6.45) is 5.46. The SMILES string of the molecule is N#Cc1cn2ccnc2c(Cc2cccc(F)c2)n1. The average molecular weight is 252 g/mol. The van der Waals surface area contributed by atoms with Gasteiger partial charge in [-0.05, 0) is 17.7 Å². The third-order valence-electron chi connectivity index (χ3n) is 2.82. The summed E-state index contributed by atoms with van der Waals surface area (Å²) in [5.41, 5.74) is 2.46. The topological polar surface area (TPSA) is 54.0 Å². The first-order chi connectivity index (χ1) is 9.26. The van der Waals surface area contributed by atoms with Crippen molar-refractivity contribution in [2.24, 2.45) is 0 Å². The van der Waals surface area contributed by atoms with E-state index in [0.29, 0.717) is 23.5 Å². The number of hydrogen-bond donors (Lipinski definition) is 0. The van der Waals surface area contributed by atoms with Crippen molar-refractivity contribution in [3.8, 4) is 6.07 Å². The number of fused-ring (bicyclic) bond motifs is 1. The van der Waals surface area contributed by atoms with Gasteiger partial charge in [-0.2, -0.15) is 5.26 Å². The lowest BCUT2D eigenvalue weighted by atomic mass is 10.1. The average Bonchev–Trinajstić information content (AvgIpc) is 2.87. The predicted molar refractivity (Wildman–Crippen MR) is 66.9 cm³/mol. The van der Waals surface area contributed by atoms with Crippen LogP contribution in [0.4, 0.5) is 4.39 Å². The zero-order valence-corrected chi connectivity index (χ0v) is 9.92. The molecule has 0 radical (unpaired) electrons. The molecule has 92 valence electrons. The highest BCUT2D eigenvalue weighted by Gasteiger charge is 2.08. The van der Waals surface area contributed by atoms with E-state index in [2.05, 4.69) is 9.97 Å². The lowest BCUT2D eigenvalue weighted by molar-refractivity contribution is 0.626. The molecule has 0 N–H and O–H groups in total. The summed E-state index contributed by atoms with van der Waals surface area (Å²) in [5, 5.41) is 8.96. The summed E-state index contributed by atoms with van der Waals surface area (Å²) in [5.74, 6) is -0.284. The van der Waals surface area contributed by atoms with Gasteiger partial charge in [0.2, 0.25) is 0 Å². The molecule has 0 atom stereocenters. The van der Waals surface area contributed by atoms with E-state index >= 15 is 0 Å². The molecule has 0 unspecified atom stereocenters. The fourth-order valence-electron chi connectivity index (χ4n) is 2.01. The molecule has 5 heteroatoms. The monoisotopic (exact) mass is 252 g/mol. The minimum absolute atomic E-state index is 0.284. The largest absolute Gasteiger partial charge is 0.303 e. The first-order valence-electron chi connectivity index (χ1n) is 5.73. The van der Waals surface area contributed by atoms with Crippen LogP contribution in [0, 0.1) is 17.1 Å². The maximum Gasteiger partial charge on any atom is 0.158 e. The van der Waals surface area contributed by atoms with Crippen LogP contribution < -0.4 is 0 Å². The molecule has 19 heavy (non-hydrogen) atoms. The molecule has 0 amide bonds. The molecular weight excluding hydrogens is 243 g/mol. The molecular formula is C14H9FN4. The van der Waals surface area contributed by atoms with E-state index in [1.807, 2.05) is 12.1 Å². The van der Waals surface area contributed by atoms with Gasteiger partial charge >= 0.3 is 0 Å². The molecule has 0 aliphatic heterocycles. The van der Waals surface area contributed by atoms with Gasteiger partial charge in [-0.1, -0.05) is 12.1 Å². The Kier molecular flexibility index (Phi) is 2.69. The van der Waals surface area contributed by atoms with Crippen LogP contribution in [-0.4, -0.2) is 14.4 Å². The van der Waals surface area contributed by atoms with Gasteiger partial charge in [-0.3, -0.25) is 0 Å². The Morgan fingerprint density at radius 1 is 1.37 bits per heavy atom. The van der Waals surface area contributed by atoms with Crippen molar-refractivity contribution in [2.45, 2.75) is 6.42 Å². The first-order valence-corrected chi connectivity index (χ1v) is 5.73. The number of nitriles is 1. The molecule has 0 aliphatic carbocycles. The maximum absolute atomic E-state index is 13.2. The predicted octanol–water partition coefficient (Wildman–Crippen LogP) is 2.33. The van der Waals surface area contributed by atoms with Gasteiger partial charge in [-0.25, -0.2) is 14.4 Å². The molecule has 0 spiro atoms. The van der Waals surface area contributed by atoms with Gasteiger partial charge in [0, 0.05) is 25.0 Å². The molecule has 2 aromatic heterocycles. The summed E-state index contributed by atoms with van der Waals surface area (Å²) in [7, 11) is 0. The minimum atomic E-state index is -0.284. The summed E-state index contributed by atoms with van der Waals surface area (Å²) in [4.78, 5) is 8.46. The smallest absolute Gasteiger partial charge is 0.158 e. The lowest BCUT2D eigenvalue weighted by Crippen LogP contribution is -2.01. The van der Waals surface area contributed by atoms with Crippen molar-refractivity contribution in [3.63, 3.8) is 0 Å². The molecule has 3 rings (SSSR count). The summed E-state index contributed by atoms with van der Waals surface area (Å²) in [6, 6.07) is 8.34. The lowest BCUT2D eigenvalue weighted by Gasteiger charge is -2.04. The number of aromatic nitrogens is 3. The Bertz CT molecular complexity index is 785. The molecule has 0 saturated heterocycles. The molecule has 3 aromatic rings. The van der Waals surface area contributed by atoms with Gasteiger partial charge in [0.05, 0.1) is 5.69 Å². The molecule has 0 aliphatic rings. The Labute approximate surface area is 108 Å². The number of benzene rings is 1. The minimum Gasteiger partial charge on any atom is -0.303 e. The Hall–Kier alpha value is -2.74. The van der Waals surface area contributed by atoms with Gasteiger partial charge in [0.25, 0.3) is 0 Å².